The zero-order valence-corrected chi connectivity index (χ0v) is 9.19. The Balaban J connectivity index is 1.62. The van der Waals surface area contributed by atoms with Gasteiger partial charge in [-0.3, -0.25) is 0 Å². The van der Waals surface area contributed by atoms with Gasteiger partial charge in [0.15, 0.2) is 0 Å². The molecule has 78 valence electrons. The fraction of sp³-hybridized carbons (Fsp3) is 0.636. The molecule has 0 spiro atoms. The molecule has 0 bridgehead atoms. The number of rotatable bonds is 4. The van der Waals surface area contributed by atoms with Crippen molar-refractivity contribution in [1.29, 1.82) is 0 Å². The number of hydrogen-bond donors (Lipinski definition) is 1. The number of ether oxygens (including phenoxy) is 1. The summed E-state index contributed by atoms with van der Waals surface area (Å²) < 4.78 is 5.68. The van der Waals surface area contributed by atoms with Crippen molar-refractivity contribution in [3.05, 3.63) is 22.4 Å². The highest BCUT2D eigenvalue weighted by molar-refractivity contribution is 7.07. The molecule has 2 nitrogen and oxygen atoms in total. The predicted molar refractivity (Wildman–Crippen MR) is 59.6 cm³/mol. The first-order valence-electron chi connectivity index (χ1n) is 5.24. The number of thiophene rings is 1. The van der Waals surface area contributed by atoms with Gasteiger partial charge in [-0.05, 0) is 47.7 Å². The standard InChI is InChI=1S/C11H17NOS/c1-2-10(6-12-4-1)7-13-8-11-3-5-14-9-11/h3,5,9-10,12H,1-2,4,6-8H2. The largest absolute Gasteiger partial charge is 0.376 e. The fourth-order valence-electron chi connectivity index (χ4n) is 1.78. The lowest BCUT2D eigenvalue weighted by Crippen LogP contribution is -2.32. The van der Waals surface area contributed by atoms with Gasteiger partial charge in [0.1, 0.15) is 0 Å². The molecular weight excluding hydrogens is 194 g/mol. The van der Waals surface area contributed by atoms with E-state index in [1.807, 2.05) is 0 Å². The van der Waals surface area contributed by atoms with Crippen LogP contribution in [0.2, 0.25) is 0 Å². The van der Waals surface area contributed by atoms with Crippen LogP contribution >= 0.6 is 11.3 Å². The number of piperidine rings is 1. The van der Waals surface area contributed by atoms with Crippen LogP contribution in [0.25, 0.3) is 0 Å². The van der Waals surface area contributed by atoms with E-state index in [2.05, 4.69) is 22.1 Å². The Bertz CT molecular complexity index is 242. The molecule has 3 heteroatoms. The maximum absolute atomic E-state index is 5.68. The maximum atomic E-state index is 5.68. The quantitative estimate of drug-likeness (QED) is 0.825. The Morgan fingerprint density at radius 1 is 1.57 bits per heavy atom. The highest BCUT2D eigenvalue weighted by Crippen LogP contribution is 2.12. The van der Waals surface area contributed by atoms with Gasteiger partial charge in [-0.1, -0.05) is 0 Å². The molecule has 2 rings (SSSR count). The first-order valence-corrected chi connectivity index (χ1v) is 6.19. The summed E-state index contributed by atoms with van der Waals surface area (Å²) in [5, 5.41) is 7.65. The van der Waals surface area contributed by atoms with Crippen LogP contribution in [0.4, 0.5) is 0 Å². The third kappa shape index (κ3) is 3.08. The van der Waals surface area contributed by atoms with Crippen LogP contribution in [-0.4, -0.2) is 19.7 Å². The third-order valence-electron chi connectivity index (χ3n) is 2.60. The molecule has 1 aromatic rings. The van der Waals surface area contributed by atoms with E-state index in [0.717, 1.165) is 25.7 Å². The lowest BCUT2D eigenvalue weighted by atomic mass is 10.0. The molecule has 1 aliphatic heterocycles. The molecule has 1 fully saturated rings. The summed E-state index contributed by atoms with van der Waals surface area (Å²) in [6, 6.07) is 2.13. The topological polar surface area (TPSA) is 21.3 Å². The molecule has 1 unspecified atom stereocenters. The second kappa shape index (κ2) is 5.49. The summed E-state index contributed by atoms with van der Waals surface area (Å²) >= 11 is 1.73. The summed E-state index contributed by atoms with van der Waals surface area (Å²) in [6.07, 6.45) is 2.61. The van der Waals surface area contributed by atoms with Crippen molar-refractivity contribution in [2.24, 2.45) is 5.92 Å². The van der Waals surface area contributed by atoms with Gasteiger partial charge in [-0.2, -0.15) is 11.3 Å². The predicted octanol–water partition coefficient (Wildman–Crippen LogP) is 2.26. The minimum Gasteiger partial charge on any atom is -0.376 e. The zero-order valence-electron chi connectivity index (χ0n) is 8.37. The second-order valence-corrected chi connectivity index (χ2v) is 4.64. The summed E-state index contributed by atoms with van der Waals surface area (Å²) in [6.45, 7) is 3.99. The first kappa shape index (κ1) is 10.1. The molecule has 1 aliphatic rings. The zero-order chi connectivity index (χ0) is 9.64. The van der Waals surface area contributed by atoms with Crippen molar-refractivity contribution in [3.8, 4) is 0 Å². The average molecular weight is 211 g/mol. The fourth-order valence-corrected chi connectivity index (χ4v) is 2.44. The molecule has 14 heavy (non-hydrogen) atoms. The molecule has 0 radical (unpaired) electrons. The number of hydrogen-bond acceptors (Lipinski definition) is 3. The maximum Gasteiger partial charge on any atom is 0.0725 e. The molecule has 2 heterocycles. The van der Waals surface area contributed by atoms with Crippen molar-refractivity contribution < 1.29 is 4.74 Å². The van der Waals surface area contributed by atoms with Crippen LogP contribution in [0.3, 0.4) is 0 Å². The monoisotopic (exact) mass is 211 g/mol. The van der Waals surface area contributed by atoms with Gasteiger partial charge in [0.25, 0.3) is 0 Å². The van der Waals surface area contributed by atoms with Gasteiger partial charge in [0, 0.05) is 6.54 Å². The highest BCUT2D eigenvalue weighted by Gasteiger charge is 2.12. The van der Waals surface area contributed by atoms with Gasteiger partial charge < -0.3 is 10.1 Å². The van der Waals surface area contributed by atoms with Gasteiger partial charge in [0.05, 0.1) is 13.2 Å². The van der Waals surface area contributed by atoms with E-state index in [4.69, 9.17) is 4.74 Å². The van der Waals surface area contributed by atoms with Crippen LogP contribution in [0.15, 0.2) is 16.8 Å². The van der Waals surface area contributed by atoms with Crippen molar-refractivity contribution >= 4 is 11.3 Å². The van der Waals surface area contributed by atoms with E-state index < -0.39 is 0 Å². The van der Waals surface area contributed by atoms with Gasteiger partial charge in [-0.25, -0.2) is 0 Å². The van der Waals surface area contributed by atoms with Crippen molar-refractivity contribution in [2.45, 2.75) is 19.4 Å². The molecule has 0 aromatic carbocycles. The van der Waals surface area contributed by atoms with Crippen LogP contribution in [0, 0.1) is 5.92 Å². The second-order valence-electron chi connectivity index (χ2n) is 3.86. The molecule has 0 aliphatic carbocycles. The Morgan fingerprint density at radius 3 is 3.29 bits per heavy atom. The minimum absolute atomic E-state index is 0.724. The molecule has 1 saturated heterocycles. The summed E-state index contributed by atoms with van der Waals surface area (Å²) in [5.74, 6) is 0.724. The van der Waals surface area contributed by atoms with Gasteiger partial charge in [0.2, 0.25) is 0 Å². The van der Waals surface area contributed by atoms with Gasteiger partial charge >= 0.3 is 0 Å². The van der Waals surface area contributed by atoms with Gasteiger partial charge in [-0.15, -0.1) is 0 Å². The lowest BCUT2D eigenvalue weighted by Gasteiger charge is -2.22. The molecule has 1 N–H and O–H groups in total. The Labute approximate surface area is 89.3 Å². The highest BCUT2D eigenvalue weighted by atomic mass is 32.1. The molecule has 1 aromatic heterocycles. The summed E-state index contributed by atoms with van der Waals surface area (Å²) in [4.78, 5) is 0. The van der Waals surface area contributed by atoms with Crippen LogP contribution in [0.1, 0.15) is 18.4 Å². The summed E-state index contributed by atoms with van der Waals surface area (Å²) in [7, 11) is 0. The van der Waals surface area contributed by atoms with E-state index in [0.29, 0.717) is 0 Å². The van der Waals surface area contributed by atoms with Crippen LogP contribution < -0.4 is 5.32 Å². The SMILES string of the molecule is c1cc(COCC2CCCNC2)cs1. The first-order chi connectivity index (χ1) is 6.95. The van der Waals surface area contributed by atoms with Crippen molar-refractivity contribution in [3.63, 3.8) is 0 Å². The number of nitrogens with one attached hydrogen (secondary N) is 1. The average Bonchev–Trinajstić information content (AvgIpc) is 2.72. The molecule has 0 amide bonds. The third-order valence-corrected chi connectivity index (χ3v) is 3.33. The molecule has 1 atom stereocenters. The smallest absolute Gasteiger partial charge is 0.0725 e. The minimum atomic E-state index is 0.724. The Kier molecular flexibility index (Phi) is 3.98. The lowest BCUT2D eigenvalue weighted by molar-refractivity contribution is 0.0785. The van der Waals surface area contributed by atoms with Crippen LogP contribution in [-0.2, 0) is 11.3 Å². The normalized spacial score (nSPS) is 22.4. The molecular formula is C11H17NOS. The van der Waals surface area contributed by atoms with E-state index >= 15 is 0 Å². The van der Waals surface area contributed by atoms with E-state index in [9.17, 15) is 0 Å². The summed E-state index contributed by atoms with van der Waals surface area (Å²) in [5.41, 5.74) is 1.30. The Morgan fingerprint density at radius 2 is 2.57 bits per heavy atom. The Hall–Kier alpha value is -0.380. The van der Waals surface area contributed by atoms with Crippen molar-refractivity contribution in [1.82, 2.24) is 5.32 Å². The van der Waals surface area contributed by atoms with E-state index in [1.54, 1.807) is 11.3 Å². The molecule has 0 saturated carbocycles. The van der Waals surface area contributed by atoms with Crippen molar-refractivity contribution in [2.75, 3.05) is 19.7 Å². The van der Waals surface area contributed by atoms with Crippen LogP contribution in [0.5, 0.6) is 0 Å². The van der Waals surface area contributed by atoms with E-state index in [1.165, 1.54) is 24.9 Å². The van der Waals surface area contributed by atoms with E-state index in [-0.39, 0.29) is 0 Å².